The van der Waals surface area contributed by atoms with Crippen molar-refractivity contribution in [3.8, 4) is 16.9 Å². The highest BCUT2D eigenvalue weighted by Gasteiger charge is 2.17. The Morgan fingerprint density at radius 3 is 2.61 bits per heavy atom. The van der Waals surface area contributed by atoms with Crippen molar-refractivity contribution < 1.29 is 14.3 Å². The number of methoxy groups -OCH3 is 1. The first-order chi connectivity index (χ1) is 16.2. The lowest BCUT2D eigenvalue weighted by Gasteiger charge is -2.13. The molecule has 0 fully saturated rings. The van der Waals surface area contributed by atoms with Gasteiger partial charge in [-0.3, -0.25) is 4.79 Å². The number of hydrogen-bond acceptors (Lipinski definition) is 7. The van der Waals surface area contributed by atoms with Gasteiger partial charge in [-0.1, -0.05) is 71.9 Å². The van der Waals surface area contributed by atoms with Gasteiger partial charge in [0.05, 0.1) is 21.6 Å². The Kier molecular flexibility index (Phi) is 8.17. The highest BCUT2D eigenvalue weighted by atomic mass is 35.5. The molecule has 2 heterocycles. The lowest BCUT2D eigenvalue weighted by molar-refractivity contribution is 0.102. The largest absolute Gasteiger partial charge is 0.485 e. The van der Waals surface area contributed by atoms with Gasteiger partial charge < -0.3 is 14.0 Å². The first-order valence-corrected chi connectivity index (χ1v) is 12.4. The number of hydrogen-bond donors (Lipinski definition) is 0. The maximum atomic E-state index is 12.5. The van der Waals surface area contributed by atoms with Crippen molar-refractivity contribution in [2.24, 2.45) is 0 Å². The monoisotopic (exact) mass is 499 g/mol. The molecule has 0 aliphatic rings. The molecular formula is C24H22ClN3O3S2. The number of halogens is 1. The number of carbonyl (C=O) groups is 1. The number of nitrogens with zero attached hydrogens (tertiary/aromatic N) is 3. The predicted octanol–water partition coefficient (Wildman–Crippen LogP) is 5.86. The van der Waals surface area contributed by atoms with Crippen LogP contribution in [0.25, 0.3) is 11.1 Å². The molecule has 2 aromatic carbocycles. The average Bonchev–Trinajstić information content (AvgIpc) is 3.46. The number of Topliss-reactive ketones (excluding diaryl/α,β-unsaturated/α-hetero) is 1. The normalized spacial score (nSPS) is 11.0. The van der Waals surface area contributed by atoms with Crippen LogP contribution in [0.5, 0.6) is 5.75 Å². The number of thiophene rings is 1. The molecule has 170 valence electrons. The Morgan fingerprint density at radius 1 is 1.06 bits per heavy atom. The molecule has 4 rings (SSSR count). The molecule has 0 amide bonds. The molecule has 0 unspecified atom stereocenters. The first kappa shape index (κ1) is 23.5. The van der Waals surface area contributed by atoms with Gasteiger partial charge in [-0.25, -0.2) is 0 Å². The van der Waals surface area contributed by atoms with E-state index in [2.05, 4.69) is 22.3 Å². The zero-order valence-corrected chi connectivity index (χ0v) is 20.3. The van der Waals surface area contributed by atoms with Crippen LogP contribution in [0.4, 0.5) is 0 Å². The molecular weight excluding hydrogens is 478 g/mol. The molecule has 0 bridgehead atoms. The van der Waals surface area contributed by atoms with Gasteiger partial charge >= 0.3 is 0 Å². The van der Waals surface area contributed by atoms with Crippen molar-refractivity contribution >= 4 is 40.5 Å². The van der Waals surface area contributed by atoms with Gasteiger partial charge in [0.25, 0.3) is 0 Å². The Balaban J connectivity index is 1.48. The summed E-state index contributed by atoms with van der Waals surface area (Å²) in [6, 6.07) is 21.5. The van der Waals surface area contributed by atoms with Crippen molar-refractivity contribution in [2.45, 2.75) is 18.3 Å². The molecule has 2 aromatic heterocycles. The van der Waals surface area contributed by atoms with E-state index >= 15 is 0 Å². The van der Waals surface area contributed by atoms with Gasteiger partial charge in [0.2, 0.25) is 0 Å². The van der Waals surface area contributed by atoms with Crippen LogP contribution in [0.2, 0.25) is 4.34 Å². The van der Waals surface area contributed by atoms with Crippen molar-refractivity contribution in [3.05, 3.63) is 81.8 Å². The molecule has 0 aliphatic carbocycles. The second kappa shape index (κ2) is 11.5. The van der Waals surface area contributed by atoms with E-state index in [1.807, 2.05) is 47.0 Å². The van der Waals surface area contributed by atoms with Gasteiger partial charge in [0.15, 0.2) is 16.8 Å². The topological polar surface area (TPSA) is 66.2 Å². The zero-order chi connectivity index (χ0) is 23.0. The van der Waals surface area contributed by atoms with Crippen LogP contribution in [-0.2, 0) is 17.9 Å². The fraction of sp³-hybridized carbons (Fsp3) is 0.208. The molecule has 6 nitrogen and oxygen atoms in total. The zero-order valence-electron chi connectivity index (χ0n) is 17.9. The maximum absolute atomic E-state index is 12.5. The highest BCUT2D eigenvalue weighted by Crippen LogP contribution is 2.30. The van der Waals surface area contributed by atoms with Gasteiger partial charge in [0, 0.05) is 19.2 Å². The number of aromatic nitrogens is 3. The second-order valence-electron chi connectivity index (χ2n) is 7.01. The molecule has 33 heavy (non-hydrogen) atoms. The van der Waals surface area contributed by atoms with Crippen LogP contribution < -0.4 is 4.74 Å². The predicted molar refractivity (Wildman–Crippen MR) is 132 cm³/mol. The van der Waals surface area contributed by atoms with Crippen molar-refractivity contribution in [2.75, 3.05) is 19.5 Å². The number of rotatable bonds is 11. The quantitative estimate of drug-likeness (QED) is 0.190. The molecule has 0 saturated heterocycles. The van der Waals surface area contributed by atoms with Gasteiger partial charge in [-0.2, -0.15) is 0 Å². The highest BCUT2D eigenvalue weighted by molar-refractivity contribution is 7.99. The van der Waals surface area contributed by atoms with Gasteiger partial charge in [0.1, 0.15) is 12.4 Å². The Hall–Kier alpha value is -2.65. The Morgan fingerprint density at radius 2 is 1.85 bits per heavy atom. The summed E-state index contributed by atoms with van der Waals surface area (Å²) in [6.07, 6.45) is 0. The third-order valence-corrected chi connectivity index (χ3v) is 7.06. The summed E-state index contributed by atoms with van der Waals surface area (Å²) >= 11 is 8.57. The summed E-state index contributed by atoms with van der Waals surface area (Å²) in [5.74, 6) is 1.69. The molecule has 0 aliphatic heterocycles. The summed E-state index contributed by atoms with van der Waals surface area (Å²) in [4.78, 5) is 13.1. The number of thioether (sulfide) groups is 1. The number of ketones is 1. The van der Waals surface area contributed by atoms with E-state index < -0.39 is 0 Å². The van der Waals surface area contributed by atoms with Crippen molar-refractivity contribution in [3.63, 3.8) is 0 Å². The van der Waals surface area contributed by atoms with Crippen LogP contribution in [0.3, 0.4) is 0 Å². The SMILES string of the molecule is COCCn1c(COc2ccccc2-c2ccccc2)nnc1SCC(=O)c1ccc(Cl)s1. The molecule has 9 heteroatoms. The van der Waals surface area contributed by atoms with Crippen molar-refractivity contribution in [1.29, 1.82) is 0 Å². The van der Waals surface area contributed by atoms with Crippen LogP contribution in [0, 0.1) is 0 Å². The average molecular weight is 500 g/mol. The van der Waals surface area contributed by atoms with E-state index in [9.17, 15) is 4.79 Å². The van der Waals surface area contributed by atoms with Crippen LogP contribution in [0.15, 0.2) is 71.9 Å². The van der Waals surface area contributed by atoms with Crippen molar-refractivity contribution in [1.82, 2.24) is 14.8 Å². The Labute approximate surface area is 205 Å². The summed E-state index contributed by atoms with van der Waals surface area (Å²) in [5.41, 5.74) is 2.09. The fourth-order valence-electron chi connectivity index (χ4n) is 3.20. The second-order valence-corrected chi connectivity index (χ2v) is 9.67. The minimum atomic E-state index is 0.00720. The summed E-state index contributed by atoms with van der Waals surface area (Å²) in [6.45, 7) is 1.30. The summed E-state index contributed by atoms with van der Waals surface area (Å²) in [7, 11) is 1.65. The lowest BCUT2D eigenvalue weighted by Crippen LogP contribution is -2.12. The van der Waals surface area contributed by atoms with Crippen LogP contribution >= 0.6 is 34.7 Å². The standard InChI is InChI=1S/C24H22ClN3O3S2/c1-30-14-13-28-23(26-27-24(28)32-16-19(29)21-11-12-22(25)33-21)15-31-20-10-6-5-9-18(20)17-7-3-2-4-8-17/h2-12H,13-16H2,1H3. The Bertz CT molecular complexity index is 1210. The number of para-hydroxylation sites is 1. The van der Waals surface area contributed by atoms with E-state index in [0.29, 0.717) is 33.3 Å². The minimum absolute atomic E-state index is 0.00720. The third kappa shape index (κ3) is 6.03. The first-order valence-electron chi connectivity index (χ1n) is 10.3. The summed E-state index contributed by atoms with van der Waals surface area (Å²) in [5, 5.41) is 9.27. The molecule has 0 saturated carbocycles. The lowest BCUT2D eigenvalue weighted by atomic mass is 10.1. The molecule has 0 radical (unpaired) electrons. The smallest absolute Gasteiger partial charge is 0.191 e. The van der Waals surface area contributed by atoms with E-state index in [-0.39, 0.29) is 18.1 Å². The van der Waals surface area contributed by atoms with Crippen LogP contribution in [0.1, 0.15) is 15.5 Å². The fourth-order valence-corrected chi connectivity index (χ4v) is 5.13. The number of ether oxygens (including phenoxy) is 2. The van der Waals surface area contributed by atoms with Crippen LogP contribution in [-0.4, -0.2) is 40.0 Å². The third-order valence-electron chi connectivity index (χ3n) is 4.82. The van der Waals surface area contributed by atoms with Gasteiger partial charge in [-0.05, 0) is 23.8 Å². The van der Waals surface area contributed by atoms with E-state index in [1.165, 1.54) is 23.1 Å². The molecule has 0 spiro atoms. The summed E-state index contributed by atoms with van der Waals surface area (Å²) < 4.78 is 13.9. The van der Waals surface area contributed by atoms with E-state index in [1.54, 1.807) is 19.2 Å². The number of carbonyl (C=O) groups excluding carboxylic acids is 1. The van der Waals surface area contributed by atoms with E-state index in [0.717, 1.165) is 16.9 Å². The van der Waals surface area contributed by atoms with Gasteiger partial charge in [-0.15, -0.1) is 21.5 Å². The maximum Gasteiger partial charge on any atom is 0.191 e. The van der Waals surface area contributed by atoms with E-state index in [4.69, 9.17) is 21.1 Å². The molecule has 0 atom stereocenters. The molecule has 4 aromatic rings. The molecule has 0 N–H and O–H groups in total. The minimum Gasteiger partial charge on any atom is -0.485 e. The number of benzene rings is 2.